The van der Waals surface area contributed by atoms with Gasteiger partial charge in [0.2, 0.25) is 21.8 Å². The van der Waals surface area contributed by atoms with Gasteiger partial charge in [-0.05, 0) is 41.3 Å². The molecule has 1 aliphatic rings. The second kappa shape index (κ2) is 13.7. The quantitative estimate of drug-likeness (QED) is 0.188. The average Bonchev–Trinajstić information content (AvgIpc) is 2.99. The Morgan fingerprint density at radius 3 is 2.28 bits per heavy atom. The number of carboxylic acid groups (broad SMARTS) is 1. The Morgan fingerprint density at radius 1 is 1.02 bits per heavy atom. The molecule has 12 nitrogen and oxygen atoms in total. The number of carbonyl (C=O) groups is 3. The minimum atomic E-state index is -4.30. The van der Waals surface area contributed by atoms with Crippen LogP contribution in [0.25, 0.3) is 10.8 Å². The molecule has 0 bridgehead atoms. The van der Waals surface area contributed by atoms with E-state index < -0.39 is 46.8 Å². The van der Waals surface area contributed by atoms with Crippen LogP contribution in [0.5, 0.6) is 0 Å². The maximum absolute atomic E-state index is 13.9. The predicted molar refractivity (Wildman–Crippen MR) is 161 cm³/mol. The van der Waals surface area contributed by atoms with Crippen molar-refractivity contribution in [2.24, 2.45) is 5.73 Å². The number of nitrogens with zero attached hydrogens (tertiary/aromatic N) is 3. The topological polar surface area (TPSA) is 177 Å². The van der Waals surface area contributed by atoms with Crippen molar-refractivity contribution in [1.82, 2.24) is 19.4 Å². The highest BCUT2D eigenvalue weighted by Crippen LogP contribution is 2.21. The van der Waals surface area contributed by atoms with Gasteiger partial charge in [0.05, 0.1) is 11.3 Å². The lowest BCUT2D eigenvalue weighted by Crippen LogP contribution is -2.53. The molecule has 5 N–H and O–H groups in total. The maximum Gasteiger partial charge on any atom is 0.323 e. The summed E-state index contributed by atoms with van der Waals surface area (Å²) in [6, 6.07) is 18.7. The molecule has 13 heteroatoms. The number of sulfonamides is 1. The fourth-order valence-electron chi connectivity index (χ4n) is 5.18. The highest BCUT2D eigenvalue weighted by molar-refractivity contribution is 7.89. The molecule has 0 spiro atoms. The smallest absolute Gasteiger partial charge is 0.323 e. The van der Waals surface area contributed by atoms with Crippen molar-refractivity contribution in [2.75, 3.05) is 26.7 Å². The first-order chi connectivity index (χ1) is 20.4. The Balaban J connectivity index is 1.61. The minimum absolute atomic E-state index is 0.0434. The molecule has 2 amide bonds. The molecular weight excluding hydrogens is 572 g/mol. The van der Waals surface area contributed by atoms with E-state index in [1.807, 2.05) is 12.1 Å². The fourth-order valence-corrected chi connectivity index (χ4v) is 6.41. The molecule has 1 aliphatic heterocycles. The van der Waals surface area contributed by atoms with Gasteiger partial charge in [0.15, 0.2) is 5.96 Å². The van der Waals surface area contributed by atoms with E-state index in [0.29, 0.717) is 36.9 Å². The van der Waals surface area contributed by atoms with Gasteiger partial charge in [0.25, 0.3) is 0 Å². The van der Waals surface area contributed by atoms with Crippen LogP contribution in [0.15, 0.2) is 77.7 Å². The van der Waals surface area contributed by atoms with Gasteiger partial charge >= 0.3 is 5.97 Å². The van der Waals surface area contributed by atoms with Gasteiger partial charge < -0.3 is 25.5 Å². The number of amides is 2. The van der Waals surface area contributed by atoms with Gasteiger partial charge in [-0.2, -0.15) is 4.72 Å². The van der Waals surface area contributed by atoms with Crippen LogP contribution in [0.1, 0.15) is 24.8 Å². The second-order valence-corrected chi connectivity index (χ2v) is 12.3. The van der Waals surface area contributed by atoms with Crippen LogP contribution in [0.3, 0.4) is 0 Å². The minimum Gasteiger partial charge on any atom is -0.480 e. The van der Waals surface area contributed by atoms with Gasteiger partial charge in [0, 0.05) is 32.7 Å². The largest absolute Gasteiger partial charge is 0.480 e. The third-order valence-electron chi connectivity index (χ3n) is 7.61. The van der Waals surface area contributed by atoms with E-state index in [4.69, 9.17) is 11.1 Å². The molecule has 1 atom stereocenters. The van der Waals surface area contributed by atoms with Crippen molar-refractivity contribution in [3.63, 3.8) is 0 Å². The van der Waals surface area contributed by atoms with E-state index in [1.165, 1.54) is 17.0 Å². The zero-order valence-corrected chi connectivity index (χ0v) is 24.7. The Labute approximate surface area is 250 Å². The first-order valence-corrected chi connectivity index (χ1v) is 15.3. The Kier molecular flexibility index (Phi) is 9.99. The summed E-state index contributed by atoms with van der Waals surface area (Å²) >= 11 is 0. The highest BCUT2D eigenvalue weighted by atomic mass is 32.2. The molecule has 43 heavy (non-hydrogen) atoms. The van der Waals surface area contributed by atoms with Crippen LogP contribution in [0.2, 0.25) is 0 Å². The summed E-state index contributed by atoms with van der Waals surface area (Å²) in [7, 11) is -2.71. The SMILES string of the molecule is CN(C(=O)C[C@H](NS(=O)(=O)c1ccc2ccccc2c1)C(=O)N(CC(=O)O)Cc1ccccc1)C1CCN(C(=N)N)CC1. The van der Waals surface area contributed by atoms with Crippen molar-refractivity contribution >= 4 is 44.5 Å². The number of hydrogen-bond donors (Lipinski definition) is 4. The molecule has 1 heterocycles. The number of likely N-dealkylation sites (tertiary alicyclic amines) is 1. The number of guanidine groups is 1. The van der Waals surface area contributed by atoms with E-state index in [-0.39, 0.29) is 23.4 Å². The average molecular weight is 609 g/mol. The van der Waals surface area contributed by atoms with Crippen molar-refractivity contribution in [2.45, 2.75) is 42.8 Å². The molecule has 0 aromatic heterocycles. The molecule has 0 saturated carbocycles. The number of hydrogen-bond acceptors (Lipinski definition) is 6. The van der Waals surface area contributed by atoms with E-state index >= 15 is 0 Å². The molecule has 1 fully saturated rings. The standard InChI is InChI=1S/C30H36N6O6S/c1-34(24-13-15-35(16-14-24)30(31)32)27(37)18-26(29(40)36(20-28(38)39)19-21-7-3-2-4-8-21)33-43(41,42)25-12-11-22-9-5-6-10-23(22)17-25/h2-12,17,24,26,33H,13-16,18-20H2,1H3,(H3,31,32)(H,38,39)/t26-/m0/s1. The highest BCUT2D eigenvalue weighted by Gasteiger charge is 2.35. The third kappa shape index (κ3) is 8.08. The van der Waals surface area contributed by atoms with E-state index in [2.05, 4.69) is 4.72 Å². The summed E-state index contributed by atoms with van der Waals surface area (Å²) in [5, 5.41) is 18.7. The summed E-state index contributed by atoms with van der Waals surface area (Å²) in [6.07, 6.45) is 0.574. The lowest BCUT2D eigenvalue weighted by Gasteiger charge is -2.37. The molecule has 3 aromatic rings. The van der Waals surface area contributed by atoms with Crippen LogP contribution in [-0.2, 0) is 31.0 Å². The van der Waals surface area contributed by atoms with Crippen LogP contribution >= 0.6 is 0 Å². The second-order valence-electron chi connectivity index (χ2n) is 10.6. The number of carboxylic acids is 1. The van der Waals surface area contributed by atoms with Crippen molar-refractivity contribution in [1.29, 1.82) is 5.41 Å². The van der Waals surface area contributed by atoms with Crippen molar-refractivity contribution in [3.05, 3.63) is 78.4 Å². The molecule has 1 saturated heterocycles. The molecular formula is C30H36N6O6S. The van der Waals surface area contributed by atoms with Crippen LogP contribution in [0, 0.1) is 5.41 Å². The lowest BCUT2D eigenvalue weighted by molar-refractivity contribution is -0.146. The fraction of sp³-hybridized carbons (Fsp3) is 0.333. The van der Waals surface area contributed by atoms with E-state index in [9.17, 15) is 27.9 Å². The lowest BCUT2D eigenvalue weighted by atomic mass is 10.0. The molecule has 228 valence electrons. The zero-order chi connectivity index (χ0) is 31.1. The summed E-state index contributed by atoms with van der Waals surface area (Å²) in [5.74, 6) is -2.63. The Morgan fingerprint density at radius 2 is 1.65 bits per heavy atom. The van der Waals surface area contributed by atoms with Gasteiger partial charge in [-0.1, -0.05) is 60.7 Å². The number of nitrogens with one attached hydrogen (secondary N) is 2. The number of carbonyl (C=O) groups excluding carboxylic acids is 2. The van der Waals surface area contributed by atoms with Gasteiger partial charge in [-0.3, -0.25) is 19.8 Å². The summed E-state index contributed by atoms with van der Waals surface area (Å²) in [6.45, 7) is 0.194. The monoisotopic (exact) mass is 608 g/mol. The summed E-state index contributed by atoms with van der Waals surface area (Å²) < 4.78 is 29.6. The molecule has 4 rings (SSSR count). The number of benzene rings is 3. The van der Waals surface area contributed by atoms with Crippen LogP contribution in [0.4, 0.5) is 0 Å². The van der Waals surface area contributed by atoms with E-state index in [0.717, 1.165) is 10.3 Å². The summed E-state index contributed by atoms with van der Waals surface area (Å²) in [4.78, 5) is 43.2. The number of rotatable bonds is 11. The normalized spacial score (nSPS) is 14.7. The summed E-state index contributed by atoms with van der Waals surface area (Å²) in [5.41, 5.74) is 6.23. The van der Waals surface area contributed by atoms with Crippen LogP contribution < -0.4 is 10.5 Å². The first-order valence-electron chi connectivity index (χ1n) is 13.8. The van der Waals surface area contributed by atoms with Crippen LogP contribution in [-0.4, -0.2) is 90.7 Å². The Hall–Kier alpha value is -4.49. The van der Waals surface area contributed by atoms with Crippen molar-refractivity contribution in [3.8, 4) is 0 Å². The number of piperidine rings is 1. The van der Waals surface area contributed by atoms with Gasteiger partial charge in [0.1, 0.15) is 12.6 Å². The molecule has 0 radical (unpaired) electrons. The molecule has 0 aliphatic carbocycles. The van der Waals surface area contributed by atoms with Gasteiger partial charge in [-0.15, -0.1) is 0 Å². The predicted octanol–water partition coefficient (Wildman–Crippen LogP) is 1.81. The van der Waals surface area contributed by atoms with E-state index in [1.54, 1.807) is 60.5 Å². The van der Waals surface area contributed by atoms with Crippen molar-refractivity contribution < 1.29 is 27.9 Å². The maximum atomic E-state index is 13.9. The molecule has 3 aromatic carbocycles. The Bertz CT molecular complexity index is 1590. The third-order valence-corrected chi connectivity index (χ3v) is 9.08. The first kappa shape index (κ1) is 31.4. The number of nitrogens with two attached hydrogens (primary N) is 1. The van der Waals surface area contributed by atoms with Gasteiger partial charge in [-0.25, -0.2) is 8.42 Å². The zero-order valence-electron chi connectivity index (χ0n) is 23.8. The number of fused-ring (bicyclic) bond motifs is 1. The number of aliphatic carboxylic acids is 1. The molecule has 0 unspecified atom stereocenters.